The first-order valence-corrected chi connectivity index (χ1v) is 2.25. The molecule has 0 saturated carbocycles. The molecule has 4 N–H and O–H groups in total. The van der Waals surface area contributed by atoms with Crippen LogP contribution in [0.2, 0.25) is 0 Å². The second-order valence-electron chi connectivity index (χ2n) is 1.38. The van der Waals surface area contributed by atoms with Gasteiger partial charge in [-0.1, -0.05) is 0 Å². The van der Waals surface area contributed by atoms with E-state index in [1.807, 2.05) is 0 Å². The molecular formula is C4H10N3. The number of amidine groups is 1. The molecule has 0 saturated heterocycles. The van der Waals surface area contributed by atoms with E-state index in [9.17, 15) is 0 Å². The molecule has 0 atom stereocenters. The third kappa shape index (κ3) is 5.43. The van der Waals surface area contributed by atoms with Crippen molar-refractivity contribution in [1.29, 1.82) is 5.41 Å². The number of hydrogen-bond acceptors (Lipinski definition) is 1. The molecule has 0 unspecified atom stereocenters. The fraction of sp³-hybridized carbons (Fsp3) is 0.750. The second kappa shape index (κ2) is 3.61. The maximum atomic E-state index is 6.69. The topological polar surface area (TPSA) is 73.7 Å². The van der Waals surface area contributed by atoms with Crippen LogP contribution < -0.4 is 11.5 Å². The van der Waals surface area contributed by atoms with Crippen LogP contribution >= 0.6 is 0 Å². The van der Waals surface area contributed by atoms with Crippen molar-refractivity contribution in [3.05, 3.63) is 0 Å². The van der Waals surface area contributed by atoms with Crippen molar-refractivity contribution in [2.45, 2.75) is 12.8 Å². The lowest BCUT2D eigenvalue weighted by Gasteiger charge is -1.90. The van der Waals surface area contributed by atoms with Crippen molar-refractivity contribution in [2.24, 2.45) is 5.73 Å². The predicted molar refractivity (Wildman–Crippen MR) is 29.1 cm³/mol. The third-order valence-electron chi connectivity index (χ3n) is 0.623. The molecule has 3 heteroatoms. The molecule has 0 amide bonds. The first kappa shape index (κ1) is 6.43. The lowest BCUT2D eigenvalue weighted by molar-refractivity contribution is 0.850. The highest BCUT2D eigenvalue weighted by Gasteiger charge is 1.84. The van der Waals surface area contributed by atoms with Gasteiger partial charge in [0, 0.05) is 13.0 Å². The average molecular weight is 100 g/mol. The lowest BCUT2D eigenvalue weighted by Crippen LogP contribution is -2.09. The van der Waals surface area contributed by atoms with Crippen LogP contribution in [0.5, 0.6) is 0 Å². The van der Waals surface area contributed by atoms with E-state index < -0.39 is 0 Å². The van der Waals surface area contributed by atoms with Gasteiger partial charge in [-0.15, -0.1) is 0 Å². The van der Waals surface area contributed by atoms with Crippen LogP contribution in [0.3, 0.4) is 0 Å². The Kier molecular flexibility index (Phi) is 3.32. The van der Waals surface area contributed by atoms with E-state index >= 15 is 0 Å². The number of nitrogens with one attached hydrogen (secondary N) is 2. The molecule has 0 aromatic rings. The summed E-state index contributed by atoms with van der Waals surface area (Å²) in [7, 11) is 0. The molecule has 0 aromatic heterocycles. The highest BCUT2D eigenvalue weighted by Crippen LogP contribution is 1.81. The van der Waals surface area contributed by atoms with Crippen molar-refractivity contribution in [3.63, 3.8) is 0 Å². The zero-order valence-electron chi connectivity index (χ0n) is 4.20. The minimum Gasteiger partial charge on any atom is -0.388 e. The summed E-state index contributed by atoms with van der Waals surface area (Å²) in [4.78, 5) is 0. The Labute approximate surface area is 43.2 Å². The van der Waals surface area contributed by atoms with Gasteiger partial charge in [0.05, 0.1) is 5.84 Å². The minimum absolute atomic E-state index is 0.187. The van der Waals surface area contributed by atoms with E-state index in [0.717, 1.165) is 6.42 Å². The van der Waals surface area contributed by atoms with Gasteiger partial charge in [-0.2, -0.15) is 0 Å². The van der Waals surface area contributed by atoms with Gasteiger partial charge in [-0.3, -0.25) is 11.1 Å². The maximum Gasteiger partial charge on any atom is 0.0905 e. The summed E-state index contributed by atoms with van der Waals surface area (Å²) >= 11 is 0. The molecule has 0 spiro atoms. The largest absolute Gasteiger partial charge is 0.388 e. The van der Waals surface area contributed by atoms with Gasteiger partial charge in [0.2, 0.25) is 0 Å². The Morgan fingerprint density at radius 2 is 2.14 bits per heavy atom. The SMILES string of the molecule is [NH]CCCC(=N)N. The summed E-state index contributed by atoms with van der Waals surface area (Å²) in [6.07, 6.45) is 1.29. The Balaban J connectivity index is 2.82. The van der Waals surface area contributed by atoms with Crippen LogP contribution in [-0.4, -0.2) is 12.4 Å². The van der Waals surface area contributed by atoms with Gasteiger partial charge in [-0.05, 0) is 6.42 Å². The van der Waals surface area contributed by atoms with Crippen LogP contribution in [0.25, 0.3) is 0 Å². The standard InChI is InChI=1S/C4H10N3/c5-3-1-2-4(6)7/h5H,1-3H2,(H3,6,7). The summed E-state index contributed by atoms with van der Waals surface area (Å²) in [6.45, 7) is 0.375. The first-order chi connectivity index (χ1) is 3.27. The molecular weight excluding hydrogens is 90.1 g/mol. The smallest absolute Gasteiger partial charge is 0.0905 e. The Hall–Kier alpha value is -0.570. The Morgan fingerprint density at radius 1 is 1.57 bits per heavy atom. The molecule has 0 heterocycles. The zero-order chi connectivity index (χ0) is 5.70. The molecule has 0 fully saturated rings. The fourth-order valence-electron chi connectivity index (χ4n) is 0.279. The van der Waals surface area contributed by atoms with Crippen molar-refractivity contribution < 1.29 is 0 Å². The minimum atomic E-state index is 0.187. The molecule has 0 rings (SSSR count). The van der Waals surface area contributed by atoms with E-state index in [1.54, 1.807) is 0 Å². The highest BCUT2D eigenvalue weighted by atomic mass is 14.7. The highest BCUT2D eigenvalue weighted by molar-refractivity contribution is 5.76. The number of hydrogen-bond donors (Lipinski definition) is 2. The second-order valence-corrected chi connectivity index (χ2v) is 1.38. The van der Waals surface area contributed by atoms with Gasteiger partial charge in [-0.25, -0.2) is 0 Å². The number of nitrogens with two attached hydrogens (primary N) is 1. The first-order valence-electron chi connectivity index (χ1n) is 2.25. The van der Waals surface area contributed by atoms with Crippen molar-refractivity contribution in [1.82, 2.24) is 5.73 Å². The molecule has 3 nitrogen and oxygen atoms in total. The van der Waals surface area contributed by atoms with Gasteiger partial charge in [0.15, 0.2) is 0 Å². The van der Waals surface area contributed by atoms with Crippen molar-refractivity contribution in [2.75, 3.05) is 6.54 Å². The quantitative estimate of drug-likeness (QED) is 0.379. The molecule has 0 aromatic carbocycles. The van der Waals surface area contributed by atoms with Gasteiger partial charge in [0.25, 0.3) is 0 Å². The summed E-state index contributed by atoms with van der Waals surface area (Å²) in [5, 5.41) is 6.69. The van der Waals surface area contributed by atoms with Crippen LogP contribution in [0, 0.1) is 5.41 Å². The summed E-state index contributed by atoms with van der Waals surface area (Å²) in [5.41, 5.74) is 11.6. The molecule has 0 aliphatic heterocycles. The maximum absolute atomic E-state index is 6.69. The van der Waals surface area contributed by atoms with E-state index in [4.69, 9.17) is 16.9 Å². The predicted octanol–water partition coefficient (Wildman–Crippen LogP) is -0.0145. The summed E-state index contributed by atoms with van der Waals surface area (Å²) < 4.78 is 0. The molecule has 0 aliphatic rings. The Morgan fingerprint density at radius 3 is 2.29 bits per heavy atom. The van der Waals surface area contributed by atoms with E-state index in [0.29, 0.717) is 13.0 Å². The molecule has 7 heavy (non-hydrogen) atoms. The van der Waals surface area contributed by atoms with Gasteiger partial charge >= 0.3 is 0 Å². The molecule has 41 valence electrons. The van der Waals surface area contributed by atoms with Crippen LogP contribution in [-0.2, 0) is 0 Å². The molecule has 1 radical (unpaired) electrons. The summed E-state index contributed by atoms with van der Waals surface area (Å²) in [5.74, 6) is 0.187. The van der Waals surface area contributed by atoms with E-state index in [-0.39, 0.29) is 5.84 Å². The normalized spacial score (nSPS) is 8.71. The van der Waals surface area contributed by atoms with Crippen LogP contribution in [0.4, 0.5) is 0 Å². The molecule has 0 aliphatic carbocycles. The van der Waals surface area contributed by atoms with E-state index in [2.05, 4.69) is 0 Å². The average Bonchev–Trinajstić information content (AvgIpc) is 1.61. The van der Waals surface area contributed by atoms with E-state index in [1.165, 1.54) is 0 Å². The van der Waals surface area contributed by atoms with Gasteiger partial charge in [0.1, 0.15) is 0 Å². The van der Waals surface area contributed by atoms with Crippen LogP contribution in [0.15, 0.2) is 0 Å². The monoisotopic (exact) mass is 100 g/mol. The summed E-state index contributed by atoms with van der Waals surface area (Å²) in [6, 6.07) is 0. The van der Waals surface area contributed by atoms with Gasteiger partial charge < -0.3 is 5.73 Å². The fourth-order valence-corrected chi connectivity index (χ4v) is 0.279. The zero-order valence-corrected chi connectivity index (χ0v) is 4.20. The number of rotatable bonds is 3. The van der Waals surface area contributed by atoms with Crippen molar-refractivity contribution >= 4 is 5.84 Å². The molecule has 0 bridgehead atoms. The Bertz CT molecular complexity index is 60.0. The lowest BCUT2D eigenvalue weighted by atomic mass is 10.3. The van der Waals surface area contributed by atoms with Crippen LogP contribution in [0.1, 0.15) is 12.8 Å². The van der Waals surface area contributed by atoms with Crippen molar-refractivity contribution in [3.8, 4) is 0 Å². The third-order valence-corrected chi connectivity index (χ3v) is 0.623.